The highest BCUT2D eigenvalue weighted by Gasteiger charge is 2.06. The van der Waals surface area contributed by atoms with Crippen molar-refractivity contribution in [3.63, 3.8) is 0 Å². The zero-order valence-electron chi connectivity index (χ0n) is 8.76. The van der Waals surface area contributed by atoms with Gasteiger partial charge in [0, 0.05) is 12.1 Å². The summed E-state index contributed by atoms with van der Waals surface area (Å²) in [6, 6.07) is 3.67. The number of hydrogen-bond acceptors (Lipinski definition) is 1. The average Bonchev–Trinajstić information content (AvgIpc) is 2.19. The monoisotopic (exact) mass is 211 g/mol. The lowest BCUT2D eigenvalue weighted by molar-refractivity contribution is 0.582. The molecule has 0 radical (unpaired) electrons. The minimum absolute atomic E-state index is 0.142. The molecule has 0 heterocycles. The van der Waals surface area contributed by atoms with E-state index in [0.717, 1.165) is 18.9 Å². The van der Waals surface area contributed by atoms with Gasteiger partial charge in [0.15, 0.2) is 0 Å². The molecule has 15 heavy (non-hydrogen) atoms. The van der Waals surface area contributed by atoms with E-state index < -0.39 is 11.6 Å². The summed E-state index contributed by atoms with van der Waals surface area (Å²) in [4.78, 5) is 0. The van der Waals surface area contributed by atoms with Crippen LogP contribution in [0.1, 0.15) is 19.8 Å². The van der Waals surface area contributed by atoms with Crippen LogP contribution in [0.2, 0.25) is 0 Å². The minimum Gasteiger partial charge on any atom is -0.380 e. The second-order valence-corrected chi connectivity index (χ2v) is 3.54. The first-order valence-corrected chi connectivity index (χ1v) is 4.96. The summed E-state index contributed by atoms with van der Waals surface area (Å²) < 4.78 is 25.8. The quantitative estimate of drug-likeness (QED) is 0.732. The normalized spacial score (nSPS) is 12.2. The number of nitrogens with one attached hydrogen (secondary N) is 1. The molecule has 0 bridgehead atoms. The van der Waals surface area contributed by atoms with Gasteiger partial charge in [0.05, 0.1) is 5.69 Å². The highest BCUT2D eigenvalue weighted by Crippen LogP contribution is 2.16. The Labute approximate surface area is 88.8 Å². The van der Waals surface area contributed by atoms with E-state index in [9.17, 15) is 8.78 Å². The van der Waals surface area contributed by atoms with Crippen LogP contribution in [0, 0.1) is 11.6 Å². The number of anilines is 1. The molecule has 1 aromatic rings. The summed E-state index contributed by atoms with van der Waals surface area (Å²) in [6.45, 7) is 5.57. The standard InChI is InChI=1S/C12H15F2N/c1-3-4-5-9(2)15-12-7-6-10(13)8-11(12)14/h3,6-9,15H,1,4-5H2,2H3. The molecule has 0 saturated carbocycles. The first-order chi connectivity index (χ1) is 7.13. The third-order valence-electron chi connectivity index (χ3n) is 2.14. The van der Waals surface area contributed by atoms with Gasteiger partial charge in [-0.15, -0.1) is 6.58 Å². The van der Waals surface area contributed by atoms with E-state index in [-0.39, 0.29) is 6.04 Å². The predicted molar refractivity (Wildman–Crippen MR) is 58.9 cm³/mol. The lowest BCUT2D eigenvalue weighted by atomic mass is 10.1. The molecular formula is C12H15F2N. The summed E-state index contributed by atoms with van der Waals surface area (Å²) in [5.74, 6) is -1.11. The zero-order chi connectivity index (χ0) is 11.3. The molecule has 1 rings (SSSR count). The van der Waals surface area contributed by atoms with Crippen LogP contribution in [-0.4, -0.2) is 6.04 Å². The molecule has 0 aliphatic carbocycles. The van der Waals surface area contributed by atoms with Gasteiger partial charge < -0.3 is 5.32 Å². The first-order valence-electron chi connectivity index (χ1n) is 4.96. The van der Waals surface area contributed by atoms with Crippen LogP contribution in [0.15, 0.2) is 30.9 Å². The Kier molecular flexibility index (Phi) is 4.28. The van der Waals surface area contributed by atoms with Crippen LogP contribution in [-0.2, 0) is 0 Å². The molecule has 1 unspecified atom stereocenters. The summed E-state index contributed by atoms with van der Waals surface area (Å²) >= 11 is 0. The summed E-state index contributed by atoms with van der Waals surface area (Å²) in [6.07, 6.45) is 3.57. The summed E-state index contributed by atoms with van der Waals surface area (Å²) in [5.41, 5.74) is 0.341. The lowest BCUT2D eigenvalue weighted by Gasteiger charge is -2.14. The third kappa shape index (κ3) is 3.70. The fourth-order valence-corrected chi connectivity index (χ4v) is 1.31. The Morgan fingerprint density at radius 2 is 2.20 bits per heavy atom. The average molecular weight is 211 g/mol. The first kappa shape index (κ1) is 11.7. The van der Waals surface area contributed by atoms with Crippen molar-refractivity contribution in [3.05, 3.63) is 42.5 Å². The number of allylic oxidation sites excluding steroid dienone is 1. The van der Waals surface area contributed by atoms with E-state index in [1.807, 2.05) is 13.0 Å². The maximum atomic E-state index is 13.2. The van der Waals surface area contributed by atoms with Crippen LogP contribution in [0.25, 0.3) is 0 Å². The van der Waals surface area contributed by atoms with Gasteiger partial charge in [0.1, 0.15) is 11.6 Å². The fourth-order valence-electron chi connectivity index (χ4n) is 1.31. The molecule has 1 aromatic carbocycles. The van der Waals surface area contributed by atoms with Gasteiger partial charge in [-0.2, -0.15) is 0 Å². The summed E-state index contributed by atoms with van der Waals surface area (Å²) in [5, 5.41) is 2.98. The minimum atomic E-state index is -0.559. The molecule has 3 heteroatoms. The second-order valence-electron chi connectivity index (χ2n) is 3.54. The van der Waals surface area contributed by atoms with E-state index in [2.05, 4.69) is 11.9 Å². The summed E-state index contributed by atoms with van der Waals surface area (Å²) in [7, 11) is 0. The molecule has 0 amide bonds. The van der Waals surface area contributed by atoms with Crippen LogP contribution in [0.5, 0.6) is 0 Å². The number of benzene rings is 1. The van der Waals surface area contributed by atoms with Crippen molar-refractivity contribution >= 4 is 5.69 Å². The van der Waals surface area contributed by atoms with Crippen LogP contribution < -0.4 is 5.32 Å². The number of halogens is 2. The van der Waals surface area contributed by atoms with Crippen molar-refractivity contribution in [2.75, 3.05) is 5.32 Å². The van der Waals surface area contributed by atoms with Crippen LogP contribution >= 0.6 is 0 Å². The van der Waals surface area contributed by atoms with Crippen molar-refractivity contribution in [3.8, 4) is 0 Å². The molecule has 0 aliphatic rings. The highest BCUT2D eigenvalue weighted by atomic mass is 19.1. The largest absolute Gasteiger partial charge is 0.380 e. The van der Waals surface area contributed by atoms with E-state index in [1.165, 1.54) is 12.1 Å². The maximum absolute atomic E-state index is 13.2. The molecule has 0 aromatic heterocycles. The van der Waals surface area contributed by atoms with Gasteiger partial charge >= 0.3 is 0 Å². The van der Waals surface area contributed by atoms with E-state index in [4.69, 9.17) is 0 Å². The third-order valence-corrected chi connectivity index (χ3v) is 2.14. The smallest absolute Gasteiger partial charge is 0.149 e. The number of hydrogen-bond donors (Lipinski definition) is 1. The van der Waals surface area contributed by atoms with Gasteiger partial charge in [0.25, 0.3) is 0 Å². The molecule has 0 spiro atoms. The van der Waals surface area contributed by atoms with Crippen molar-refractivity contribution < 1.29 is 8.78 Å². The zero-order valence-corrected chi connectivity index (χ0v) is 8.76. The molecule has 1 nitrogen and oxygen atoms in total. The van der Waals surface area contributed by atoms with E-state index in [1.54, 1.807) is 0 Å². The lowest BCUT2D eigenvalue weighted by Crippen LogP contribution is -2.15. The molecular weight excluding hydrogens is 196 g/mol. The van der Waals surface area contributed by atoms with Gasteiger partial charge in [0.2, 0.25) is 0 Å². The van der Waals surface area contributed by atoms with Gasteiger partial charge in [-0.3, -0.25) is 0 Å². The van der Waals surface area contributed by atoms with E-state index in [0.29, 0.717) is 5.69 Å². The molecule has 1 atom stereocenters. The predicted octanol–water partition coefficient (Wildman–Crippen LogP) is 3.73. The molecule has 1 N–H and O–H groups in total. The second kappa shape index (κ2) is 5.49. The van der Waals surface area contributed by atoms with Gasteiger partial charge in [-0.05, 0) is 31.9 Å². The number of rotatable bonds is 5. The topological polar surface area (TPSA) is 12.0 Å². The molecule has 0 fully saturated rings. The Morgan fingerprint density at radius 3 is 2.80 bits per heavy atom. The van der Waals surface area contributed by atoms with Gasteiger partial charge in [-0.25, -0.2) is 8.78 Å². The Balaban J connectivity index is 2.59. The Hall–Kier alpha value is -1.38. The fraction of sp³-hybridized carbons (Fsp3) is 0.333. The maximum Gasteiger partial charge on any atom is 0.149 e. The van der Waals surface area contributed by atoms with Crippen molar-refractivity contribution in [1.82, 2.24) is 0 Å². The van der Waals surface area contributed by atoms with Gasteiger partial charge in [-0.1, -0.05) is 6.08 Å². The molecule has 0 saturated heterocycles. The van der Waals surface area contributed by atoms with Crippen molar-refractivity contribution in [2.45, 2.75) is 25.8 Å². The van der Waals surface area contributed by atoms with Crippen LogP contribution in [0.3, 0.4) is 0 Å². The SMILES string of the molecule is C=CCCC(C)Nc1ccc(F)cc1F. The molecule has 82 valence electrons. The Morgan fingerprint density at radius 1 is 1.47 bits per heavy atom. The van der Waals surface area contributed by atoms with Crippen molar-refractivity contribution in [1.29, 1.82) is 0 Å². The highest BCUT2D eigenvalue weighted by molar-refractivity contribution is 5.45. The Bertz CT molecular complexity index is 336. The van der Waals surface area contributed by atoms with E-state index >= 15 is 0 Å². The molecule has 0 aliphatic heterocycles. The van der Waals surface area contributed by atoms with Crippen molar-refractivity contribution in [2.24, 2.45) is 0 Å². The van der Waals surface area contributed by atoms with Crippen LogP contribution in [0.4, 0.5) is 14.5 Å².